The molecule has 4 aromatic rings. The Morgan fingerprint density at radius 1 is 1.05 bits per heavy atom. The predicted octanol–water partition coefficient (Wildman–Crippen LogP) is 6.78. The van der Waals surface area contributed by atoms with E-state index in [-0.39, 0.29) is 22.3 Å². The van der Waals surface area contributed by atoms with Gasteiger partial charge in [0.2, 0.25) is 5.13 Å². The minimum absolute atomic E-state index is 0.00806. The Morgan fingerprint density at radius 2 is 1.79 bits per heavy atom. The number of aliphatic hydroxyl groups excluding tert-OH is 1. The minimum Gasteiger partial charge on any atom is -0.507 e. The summed E-state index contributed by atoms with van der Waals surface area (Å²) in [6.45, 7) is 5.79. The molecule has 9 heteroatoms. The Morgan fingerprint density at radius 3 is 2.51 bits per heavy atom. The molecule has 1 aliphatic heterocycles. The van der Waals surface area contributed by atoms with Crippen molar-refractivity contribution in [3.8, 4) is 0 Å². The molecule has 1 aliphatic rings. The van der Waals surface area contributed by atoms with E-state index in [1.54, 1.807) is 24.3 Å². The van der Waals surface area contributed by atoms with Crippen molar-refractivity contribution >= 4 is 45.7 Å². The molecule has 1 aromatic heterocycles. The van der Waals surface area contributed by atoms with E-state index in [9.17, 15) is 19.1 Å². The largest absolute Gasteiger partial charge is 0.507 e. The van der Waals surface area contributed by atoms with Crippen molar-refractivity contribution in [3.05, 3.63) is 112 Å². The van der Waals surface area contributed by atoms with Gasteiger partial charge in [-0.3, -0.25) is 14.5 Å². The van der Waals surface area contributed by atoms with Crippen LogP contribution in [-0.2, 0) is 21.8 Å². The first-order valence-corrected chi connectivity index (χ1v) is 14.3. The highest BCUT2D eigenvalue weighted by Gasteiger charge is 2.48. The Hall–Kier alpha value is -3.82. The van der Waals surface area contributed by atoms with Gasteiger partial charge in [0, 0.05) is 11.3 Å². The number of ketones is 1. The fourth-order valence-corrected chi connectivity index (χ4v) is 6.38. The van der Waals surface area contributed by atoms with E-state index in [0.29, 0.717) is 26.8 Å². The maximum Gasteiger partial charge on any atom is 0.301 e. The van der Waals surface area contributed by atoms with Crippen molar-refractivity contribution in [1.29, 1.82) is 0 Å². The van der Waals surface area contributed by atoms with Gasteiger partial charge in [-0.25, -0.2) is 4.39 Å². The first-order valence-electron chi connectivity index (χ1n) is 12.5. The SMILES string of the molecule is CCc1ccc(C2C(=C(O)c3cc(C)ccc3C)C(=O)C(=O)N2c2nnc(SCc3ccccc3F)s2)cc1. The van der Waals surface area contributed by atoms with Gasteiger partial charge >= 0.3 is 5.91 Å². The normalized spacial score (nSPS) is 16.7. The van der Waals surface area contributed by atoms with E-state index in [1.807, 2.05) is 57.2 Å². The van der Waals surface area contributed by atoms with Gasteiger partial charge in [-0.1, -0.05) is 90.2 Å². The van der Waals surface area contributed by atoms with Crippen LogP contribution in [0.25, 0.3) is 5.76 Å². The molecule has 1 atom stereocenters. The number of Topliss-reactive ketones (excluding diaryl/α,β-unsaturated/α-hetero) is 1. The van der Waals surface area contributed by atoms with Gasteiger partial charge in [0.25, 0.3) is 5.78 Å². The van der Waals surface area contributed by atoms with Gasteiger partial charge in [-0.2, -0.15) is 0 Å². The highest BCUT2D eigenvalue weighted by Crippen LogP contribution is 2.44. The maximum absolute atomic E-state index is 14.1. The third kappa shape index (κ3) is 5.24. The number of nitrogens with zero attached hydrogens (tertiary/aromatic N) is 3. The quantitative estimate of drug-likeness (QED) is 0.0884. The van der Waals surface area contributed by atoms with Crippen LogP contribution in [0.3, 0.4) is 0 Å². The van der Waals surface area contributed by atoms with E-state index in [1.165, 1.54) is 22.7 Å². The number of thioether (sulfide) groups is 1. The van der Waals surface area contributed by atoms with Gasteiger partial charge in [0.15, 0.2) is 4.34 Å². The van der Waals surface area contributed by atoms with Gasteiger partial charge in [0.1, 0.15) is 11.6 Å². The van der Waals surface area contributed by atoms with E-state index in [4.69, 9.17) is 0 Å². The summed E-state index contributed by atoms with van der Waals surface area (Å²) in [5.74, 6) is -1.75. The topological polar surface area (TPSA) is 83.4 Å². The van der Waals surface area contributed by atoms with E-state index < -0.39 is 17.7 Å². The summed E-state index contributed by atoms with van der Waals surface area (Å²) >= 11 is 2.45. The zero-order chi connectivity index (χ0) is 27.7. The van der Waals surface area contributed by atoms with Crippen LogP contribution >= 0.6 is 23.1 Å². The summed E-state index contributed by atoms with van der Waals surface area (Å²) in [7, 11) is 0. The number of amides is 1. The number of hydrogen-bond donors (Lipinski definition) is 1. The second kappa shape index (κ2) is 11.1. The molecule has 0 saturated carbocycles. The minimum atomic E-state index is -0.881. The van der Waals surface area contributed by atoms with Crippen LogP contribution in [0.2, 0.25) is 0 Å². The van der Waals surface area contributed by atoms with Crippen molar-refractivity contribution in [2.45, 2.75) is 43.3 Å². The summed E-state index contributed by atoms with van der Waals surface area (Å²) < 4.78 is 14.6. The molecule has 6 nitrogen and oxygen atoms in total. The molecule has 2 heterocycles. The lowest BCUT2D eigenvalue weighted by Gasteiger charge is -2.23. The Balaban J connectivity index is 1.57. The molecule has 3 aromatic carbocycles. The number of aryl methyl sites for hydroxylation is 3. The highest BCUT2D eigenvalue weighted by atomic mass is 32.2. The number of aromatic nitrogens is 2. The van der Waals surface area contributed by atoms with Gasteiger partial charge in [0.05, 0.1) is 11.6 Å². The lowest BCUT2D eigenvalue weighted by Crippen LogP contribution is -2.29. The smallest absolute Gasteiger partial charge is 0.301 e. The number of halogens is 1. The van der Waals surface area contributed by atoms with Crippen LogP contribution in [0.4, 0.5) is 9.52 Å². The molecule has 1 saturated heterocycles. The summed E-state index contributed by atoms with van der Waals surface area (Å²) in [6.07, 6.45) is 0.835. The van der Waals surface area contributed by atoms with E-state index >= 15 is 0 Å². The van der Waals surface area contributed by atoms with Gasteiger partial charge in [-0.15, -0.1) is 10.2 Å². The zero-order valence-electron chi connectivity index (χ0n) is 21.6. The van der Waals surface area contributed by atoms with Crippen molar-refractivity contribution in [1.82, 2.24) is 10.2 Å². The number of rotatable bonds is 7. The second-order valence-corrected chi connectivity index (χ2v) is 11.5. The molecule has 198 valence electrons. The van der Waals surface area contributed by atoms with Crippen LogP contribution in [0.5, 0.6) is 0 Å². The number of hydrogen-bond acceptors (Lipinski definition) is 7. The van der Waals surface area contributed by atoms with Gasteiger partial charge in [-0.05, 0) is 54.7 Å². The monoisotopic (exact) mass is 559 g/mol. The first-order chi connectivity index (χ1) is 18.8. The number of benzene rings is 3. The highest BCUT2D eigenvalue weighted by molar-refractivity contribution is 8.00. The molecule has 39 heavy (non-hydrogen) atoms. The summed E-state index contributed by atoms with van der Waals surface area (Å²) in [5.41, 5.74) is 4.52. The summed E-state index contributed by atoms with van der Waals surface area (Å²) in [4.78, 5) is 28.2. The fourth-order valence-electron chi connectivity index (χ4n) is 4.53. The molecule has 1 N–H and O–H groups in total. The van der Waals surface area contributed by atoms with Crippen molar-refractivity contribution in [2.75, 3.05) is 4.90 Å². The fraction of sp³-hybridized carbons (Fsp3) is 0.200. The Bertz CT molecular complexity index is 1600. The molecule has 5 rings (SSSR count). The standard InChI is InChI=1S/C30H26FN3O3S2/c1-4-19-11-13-20(14-12-19)25-24(26(35)22-15-17(2)9-10-18(22)3)27(36)28(37)34(25)29-32-33-30(39-29)38-16-21-7-5-6-8-23(21)31/h5-15,25,35H,4,16H2,1-3H3. The van der Waals surface area contributed by atoms with Crippen molar-refractivity contribution < 1.29 is 19.1 Å². The summed E-state index contributed by atoms with van der Waals surface area (Å²) in [6, 6.07) is 18.9. The van der Waals surface area contributed by atoms with Crippen LogP contribution in [0.1, 0.15) is 46.3 Å². The average Bonchev–Trinajstić information content (AvgIpc) is 3.51. The molecular weight excluding hydrogens is 533 g/mol. The van der Waals surface area contributed by atoms with Crippen LogP contribution < -0.4 is 4.90 Å². The average molecular weight is 560 g/mol. The predicted molar refractivity (Wildman–Crippen MR) is 152 cm³/mol. The molecule has 0 bridgehead atoms. The van der Waals surface area contributed by atoms with Gasteiger partial charge < -0.3 is 5.11 Å². The molecule has 0 spiro atoms. The molecule has 0 radical (unpaired) electrons. The van der Waals surface area contributed by atoms with Crippen LogP contribution in [-0.4, -0.2) is 27.0 Å². The maximum atomic E-state index is 14.1. The molecule has 0 aliphatic carbocycles. The van der Waals surface area contributed by atoms with E-state index in [0.717, 1.165) is 34.4 Å². The lowest BCUT2D eigenvalue weighted by atomic mass is 9.93. The number of carbonyl (C=O) groups excluding carboxylic acids is 2. The third-order valence-electron chi connectivity index (χ3n) is 6.71. The molecule has 1 fully saturated rings. The first kappa shape index (κ1) is 26.8. The molecular formula is C30H26FN3O3S2. The van der Waals surface area contributed by atoms with Crippen LogP contribution in [0.15, 0.2) is 76.6 Å². The van der Waals surface area contributed by atoms with Crippen molar-refractivity contribution in [2.24, 2.45) is 0 Å². The second-order valence-electron chi connectivity index (χ2n) is 9.31. The lowest BCUT2D eigenvalue weighted by molar-refractivity contribution is -0.132. The molecule has 1 unspecified atom stereocenters. The van der Waals surface area contributed by atoms with Crippen LogP contribution in [0, 0.1) is 19.7 Å². The molecule has 1 amide bonds. The number of anilines is 1. The summed E-state index contributed by atoms with van der Waals surface area (Å²) in [5, 5.41) is 20.1. The third-order valence-corrected chi connectivity index (χ3v) is 8.81. The van der Waals surface area contributed by atoms with Crippen molar-refractivity contribution in [3.63, 3.8) is 0 Å². The van der Waals surface area contributed by atoms with E-state index in [2.05, 4.69) is 10.2 Å². The number of aliphatic hydroxyl groups is 1. The Labute approximate surface area is 234 Å². The zero-order valence-corrected chi connectivity index (χ0v) is 23.3. The Kier molecular flexibility index (Phi) is 7.63. The number of carbonyl (C=O) groups is 2.